The van der Waals surface area contributed by atoms with Crippen molar-refractivity contribution in [3.8, 4) is 6.07 Å². The predicted molar refractivity (Wildman–Crippen MR) is 94.2 cm³/mol. The smallest absolute Gasteiger partial charge is 0.282 e. The lowest BCUT2D eigenvalue weighted by Crippen LogP contribution is -2.13. The van der Waals surface area contributed by atoms with Gasteiger partial charge in [-0.05, 0) is 31.5 Å². The number of aromatic nitrogens is 2. The van der Waals surface area contributed by atoms with Crippen LogP contribution in [-0.2, 0) is 6.54 Å². The highest BCUT2D eigenvalue weighted by atomic mass is 32.1. The van der Waals surface area contributed by atoms with E-state index in [-0.39, 0.29) is 11.3 Å². The number of pyridine rings is 1. The standard InChI is InChI=1S/C17H15N5OS/c1-11-14(21-20-13-7-4-3-5-8-13)12(2)19-16-15(11)24-17(23)22(16)10-6-9-18/h3-5,7-8H,6,10H2,1-2H3. The topological polar surface area (TPSA) is 83.4 Å². The van der Waals surface area contributed by atoms with Crippen molar-refractivity contribution in [2.24, 2.45) is 10.2 Å². The molecule has 0 radical (unpaired) electrons. The van der Waals surface area contributed by atoms with Gasteiger partial charge in [-0.1, -0.05) is 29.5 Å². The van der Waals surface area contributed by atoms with Crippen LogP contribution in [0.2, 0.25) is 0 Å². The first-order valence-electron chi connectivity index (χ1n) is 7.46. The van der Waals surface area contributed by atoms with E-state index in [1.165, 1.54) is 0 Å². The Kier molecular flexibility index (Phi) is 4.49. The first-order valence-corrected chi connectivity index (χ1v) is 8.27. The Morgan fingerprint density at radius 3 is 2.71 bits per heavy atom. The van der Waals surface area contributed by atoms with Gasteiger partial charge in [0.2, 0.25) is 0 Å². The van der Waals surface area contributed by atoms with Crippen molar-refractivity contribution in [2.45, 2.75) is 26.8 Å². The number of hydrogen-bond acceptors (Lipinski definition) is 6. The molecule has 0 unspecified atom stereocenters. The van der Waals surface area contributed by atoms with Gasteiger partial charge in [-0.25, -0.2) is 4.98 Å². The first-order chi connectivity index (χ1) is 11.6. The van der Waals surface area contributed by atoms with Gasteiger partial charge in [0.25, 0.3) is 0 Å². The molecule has 120 valence electrons. The van der Waals surface area contributed by atoms with Crippen LogP contribution in [0, 0.1) is 25.2 Å². The normalized spacial score (nSPS) is 11.2. The molecule has 0 fully saturated rings. The Balaban J connectivity index is 2.10. The van der Waals surface area contributed by atoms with E-state index in [9.17, 15) is 4.79 Å². The van der Waals surface area contributed by atoms with E-state index in [0.29, 0.717) is 23.6 Å². The van der Waals surface area contributed by atoms with Crippen LogP contribution in [0.4, 0.5) is 11.4 Å². The van der Waals surface area contributed by atoms with Gasteiger partial charge in [0.15, 0.2) is 5.65 Å². The van der Waals surface area contributed by atoms with E-state index >= 15 is 0 Å². The highest BCUT2D eigenvalue weighted by Gasteiger charge is 2.16. The van der Waals surface area contributed by atoms with Crippen molar-refractivity contribution in [1.82, 2.24) is 9.55 Å². The van der Waals surface area contributed by atoms with Gasteiger partial charge >= 0.3 is 4.87 Å². The highest BCUT2D eigenvalue weighted by molar-refractivity contribution is 7.16. The molecule has 24 heavy (non-hydrogen) atoms. The van der Waals surface area contributed by atoms with Gasteiger partial charge in [-0.2, -0.15) is 10.4 Å². The Morgan fingerprint density at radius 1 is 1.25 bits per heavy atom. The number of nitriles is 1. The molecule has 0 spiro atoms. The van der Waals surface area contributed by atoms with Gasteiger partial charge in [0.05, 0.1) is 28.6 Å². The second-order valence-corrected chi connectivity index (χ2v) is 6.25. The maximum absolute atomic E-state index is 12.2. The number of hydrogen-bond donors (Lipinski definition) is 0. The van der Waals surface area contributed by atoms with Crippen molar-refractivity contribution < 1.29 is 0 Å². The largest absolute Gasteiger partial charge is 0.309 e. The molecule has 0 saturated carbocycles. The summed E-state index contributed by atoms with van der Waals surface area (Å²) < 4.78 is 2.35. The Morgan fingerprint density at radius 2 is 2.00 bits per heavy atom. The van der Waals surface area contributed by atoms with E-state index in [4.69, 9.17) is 5.26 Å². The molecule has 0 aliphatic carbocycles. The summed E-state index contributed by atoms with van der Waals surface area (Å²) >= 11 is 1.13. The summed E-state index contributed by atoms with van der Waals surface area (Å²) in [6.07, 6.45) is 0.279. The fourth-order valence-electron chi connectivity index (χ4n) is 2.45. The molecule has 2 aromatic heterocycles. The third kappa shape index (κ3) is 2.96. The molecule has 3 aromatic rings. The molecule has 3 rings (SSSR count). The third-order valence-corrected chi connectivity index (χ3v) is 4.74. The first kappa shape index (κ1) is 16.0. The molecular weight excluding hydrogens is 322 g/mol. The van der Waals surface area contributed by atoms with Crippen molar-refractivity contribution in [3.05, 3.63) is 51.3 Å². The summed E-state index contributed by atoms with van der Waals surface area (Å²) in [5.41, 5.74) is 3.66. The molecule has 0 atom stereocenters. The number of azo groups is 1. The van der Waals surface area contributed by atoms with Gasteiger partial charge in [0, 0.05) is 6.54 Å². The maximum atomic E-state index is 12.2. The number of thiazole rings is 1. The quantitative estimate of drug-likeness (QED) is 0.661. The molecule has 0 bridgehead atoms. The maximum Gasteiger partial charge on any atom is 0.309 e. The minimum Gasteiger partial charge on any atom is -0.282 e. The van der Waals surface area contributed by atoms with Crippen LogP contribution in [0.25, 0.3) is 10.3 Å². The minimum atomic E-state index is -0.104. The van der Waals surface area contributed by atoms with Crippen molar-refractivity contribution in [2.75, 3.05) is 0 Å². The minimum absolute atomic E-state index is 0.104. The van der Waals surface area contributed by atoms with Gasteiger partial charge in [-0.15, -0.1) is 5.11 Å². The summed E-state index contributed by atoms with van der Waals surface area (Å²) in [4.78, 5) is 16.6. The lowest BCUT2D eigenvalue weighted by molar-refractivity contribution is 0.720. The van der Waals surface area contributed by atoms with Gasteiger partial charge in [0.1, 0.15) is 5.69 Å². The van der Waals surface area contributed by atoms with Crippen LogP contribution >= 0.6 is 11.3 Å². The summed E-state index contributed by atoms with van der Waals surface area (Å²) in [6, 6.07) is 11.5. The second-order valence-electron chi connectivity index (χ2n) is 5.29. The molecule has 6 nitrogen and oxygen atoms in total. The number of benzene rings is 1. The summed E-state index contributed by atoms with van der Waals surface area (Å²) in [6.45, 7) is 4.12. The van der Waals surface area contributed by atoms with E-state index in [1.807, 2.05) is 44.2 Å². The number of aryl methyl sites for hydroxylation is 3. The molecule has 7 heteroatoms. The van der Waals surface area contributed by atoms with E-state index in [0.717, 1.165) is 27.3 Å². The molecular formula is C17H15N5OS. The lowest BCUT2D eigenvalue weighted by atomic mass is 10.2. The molecule has 0 amide bonds. The van der Waals surface area contributed by atoms with Crippen LogP contribution < -0.4 is 4.87 Å². The predicted octanol–water partition coefficient (Wildman–Crippen LogP) is 4.40. The van der Waals surface area contributed by atoms with Gasteiger partial charge in [-0.3, -0.25) is 9.36 Å². The van der Waals surface area contributed by atoms with Crippen molar-refractivity contribution >= 4 is 33.1 Å². The van der Waals surface area contributed by atoms with Gasteiger partial charge < -0.3 is 0 Å². The zero-order chi connectivity index (χ0) is 17.1. The Bertz CT molecular complexity index is 1010. The van der Waals surface area contributed by atoms with E-state index in [1.54, 1.807) is 4.57 Å². The Hall–Kier alpha value is -2.85. The Labute approximate surface area is 142 Å². The second kappa shape index (κ2) is 6.72. The molecule has 0 aliphatic rings. The average Bonchev–Trinajstić information content (AvgIpc) is 2.89. The van der Waals surface area contributed by atoms with E-state index in [2.05, 4.69) is 21.3 Å². The lowest BCUT2D eigenvalue weighted by Gasteiger charge is -2.06. The van der Waals surface area contributed by atoms with Crippen molar-refractivity contribution in [3.63, 3.8) is 0 Å². The van der Waals surface area contributed by atoms with Crippen LogP contribution in [0.3, 0.4) is 0 Å². The van der Waals surface area contributed by atoms with Crippen molar-refractivity contribution in [1.29, 1.82) is 5.26 Å². The third-order valence-electron chi connectivity index (χ3n) is 3.65. The summed E-state index contributed by atoms with van der Waals surface area (Å²) in [5.74, 6) is 0. The fourth-order valence-corrected chi connectivity index (χ4v) is 3.41. The fraction of sp³-hybridized carbons (Fsp3) is 0.235. The molecule has 0 saturated heterocycles. The summed E-state index contributed by atoms with van der Waals surface area (Å²) in [5, 5.41) is 17.3. The van der Waals surface area contributed by atoms with E-state index < -0.39 is 0 Å². The highest BCUT2D eigenvalue weighted by Crippen LogP contribution is 2.32. The molecule has 0 N–H and O–H groups in total. The summed E-state index contributed by atoms with van der Waals surface area (Å²) in [7, 11) is 0. The number of nitrogens with zero attached hydrogens (tertiary/aromatic N) is 5. The van der Waals surface area contributed by atoms with Crippen LogP contribution in [0.15, 0.2) is 45.4 Å². The monoisotopic (exact) mass is 337 g/mol. The molecule has 2 heterocycles. The van der Waals surface area contributed by atoms with Crippen LogP contribution in [0.1, 0.15) is 17.7 Å². The SMILES string of the molecule is Cc1nc2c(sc(=O)n2CCC#N)c(C)c1N=Nc1ccccc1. The zero-order valence-corrected chi connectivity index (χ0v) is 14.2. The van der Waals surface area contributed by atoms with Crippen LogP contribution in [-0.4, -0.2) is 9.55 Å². The molecule has 0 aliphatic heterocycles. The zero-order valence-electron chi connectivity index (χ0n) is 13.4. The van der Waals surface area contributed by atoms with Crippen LogP contribution in [0.5, 0.6) is 0 Å². The molecule has 1 aromatic carbocycles. The number of fused-ring (bicyclic) bond motifs is 1. The average molecular weight is 337 g/mol. The number of rotatable bonds is 4.